The van der Waals surface area contributed by atoms with Gasteiger partial charge in [-0.25, -0.2) is 14.6 Å². The van der Waals surface area contributed by atoms with E-state index in [2.05, 4.69) is 36.1 Å². The van der Waals surface area contributed by atoms with Crippen molar-refractivity contribution in [2.45, 2.75) is 19.6 Å². The van der Waals surface area contributed by atoms with Crippen LogP contribution in [-0.4, -0.2) is 48.8 Å². The molecule has 0 saturated carbocycles. The first kappa shape index (κ1) is 21.6. The van der Waals surface area contributed by atoms with Gasteiger partial charge in [0.1, 0.15) is 23.9 Å². The molecule has 2 N–H and O–H groups in total. The third-order valence-corrected chi connectivity index (χ3v) is 5.26. The van der Waals surface area contributed by atoms with E-state index in [9.17, 15) is 4.79 Å². The van der Waals surface area contributed by atoms with Crippen molar-refractivity contribution in [1.29, 1.82) is 0 Å². The Kier molecular flexibility index (Phi) is 5.91. The fraction of sp³-hybridized carbons (Fsp3) is 0.182. The zero-order chi connectivity index (χ0) is 23.5. The molecule has 1 aliphatic rings. The summed E-state index contributed by atoms with van der Waals surface area (Å²) >= 11 is 6.34. The van der Waals surface area contributed by atoms with E-state index < -0.39 is 0 Å². The van der Waals surface area contributed by atoms with E-state index in [1.165, 1.54) is 6.33 Å². The summed E-state index contributed by atoms with van der Waals surface area (Å²) in [5, 5.41) is 17.5. The zero-order valence-corrected chi connectivity index (χ0v) is 18.7. The van der Waals surface area contributed by atoms with E-state index in [0.29, 0.717) is 34.7 Å². The smallest absolute Gasteiger partial charge is 0.262 e. The Morgan fingerprint density at radius 2 is 2.06 bits per heavy atom. The monoisotopic (exact) mass is 478 g/mol. The second-order valence-corrected chi connectivity index (χ2v) is 7.98. The number of amides is 1. The van der Waals surface area contributed by atoms with Crippen LogP contribution in [0.1, 0.15) is 6.92 Å². The molecule has 2 aromatic carbocycles. The molecule has 1 amide bonds. The van der Waals surface area contributed by atoms with Crippen molar-refractivity contribution < 1.29 is 14.3 Å². The first-order valence-corrected chi connectivity index (χ1v) is 10.7. The molecule has 0 unspecified atom stereocenters. The van der Waals surface area contributed by atoms with Gasteiger partial charge >= 0.3 is 0 Å². The van der Waals surface area contributed by atoms with Gasteiger partial charge in [0.05, 0.1) is 17.3 Å². The predicted molar refractivity (Wildman–Crippen MR) is 124 cm³/mol. The van der Waals surface area contributed by atoms with Gasteiger partial charge in [0.15, 0.2) is 6.61 Å². The first-order valence-electron chi connectivity index (χ1n) is 10.4. The minimum atomic E-state index is -0.203. The number of anilines is 3. The van der Waals surface area contributed by atoms with E-state index in [1.807, 2.05) is 25.1 Å². The number of fused-ring (bicyclic) bond motifs is 1. The molecule has 12 heteroatoms. The van der Waals surface area contributed by atoms with Gasteiger partial charge in [0.25, 0.3) is 5.91 Å². The maximum absolute atomic E-state index is 11.5. The van der Waals surface area contributed by atoms with Crippen LogP contribution < -0.4 is 20.1 Å². The lowest BCUT2D eigenvalue weighted by Gasteiger charge is -2.18. The number of halogens is 1. The molecule has 0 radical (unpaired) electrons. The van der Waals surface area contributed by atoms with E-state index in [0.717, 1.165) is 16.8 Å². The molecule has 1 aliphatic heterocycles. The summed E-state index contributed by atoms with van der Waals surface area (Å²) in [5.41, 5.74) is 2.97. The van der Waals surface area contributed by atoms with Crippen LogP contribution in [0.2, 0.25) is 5.02 Å². The van der Waals surface area contributed by atoms with Crippen LogP contribution in [0.3, 0.4) is 0 Å². The number of hydrogen-bond acceptors (Lipinski definition) is 9. The van der Waals surface area contributed by atoms with Gasteiger partial charge in [-0.2, -0.15) is 0 Å². The SMILES string of the molecule is C[C@@H](Cn1cnnn1)Oc1cc(-c2cnc(Nc3ccc4c(c3)NC(=O)CO4)nc2)ccc1Cl. The topological polar surface area (TPSA) is 129 Å². The molecule has 172 valence electrons. The molecule has 1 atom stereocenters. The first-order chi connectivity index (χ1) is 16.5. The van der Waals surface area contributed by atoms with Crippen molar-refractivity contribution in [2.24, 2.45) is 0 Å². The summed E-state index contributed by atoms with van der Waals surface area (Å²) in [4.78, 5) is 20.3. The number of carbonyl (C=O) groups excluding carboxylic acids is 1. The van der Waals surface area contributed by atoms with Crippen molar-refractivity contribution >= 4 is 34.8 Å². The van der Waals surface area contributed by atoms with E-state index >= 15 is 0 Å². The summed E-state index contributed by atoms with van der Waals surface area (Å²) in [6.45, 7) is 2.40. The van der Waals surface area contributed by atoms with Crippen molar-refractivity contribution in [3.05, 3.63) is 60.1 Å². The Morgan fingerprint density at radius 1 is 1.21 bits per heavy atom. The number of nitrogens with zero attached hydrogens (tertiary/aromatic N) is 6. The van der Waals surface area contributed by atoms with Gasteiger partial charge in [0, 0.05) is 23.6 Å². The quantitative estimate of drug-likeness (QED) is 0.410. The van der Waals surface area contributed by atoms with Crippen LogP contribution in [-0.2, 0) is 11.3 Å². The molecule has 4 aromatic rings. The van der Waals surface area contributed by atoms with Crippen LogP contribution in [0.5, 0.6) is 11.5 Å². The zero-order valence-electron chi connectivity index (χ0n) is 18.0. The third-order valence-electron chi connectivity index (χ3n) is 4.95. The number of aromatic nitrogens is 6. The van der Waals surface area contributed by atoms with E-state index in [-0.39, 0.29) is 18.6 Å². The number of hydrogen-bond donors (Lipinski definition) is 2. The molecule has 2 aromatic heterocycles. The van der Waals surface area contributed by atoms with Gasteiger partial charge in [-0.05, 0) is 53.2 Å². The van der Waals surface area contributed by atoms with Gasteiger partial charge in [0.2, 0.25) is 5.95 Å². The lowest BCUT2D eigenvalue weighted by atomic mass is 10.1. The Morgan fingerprint density at radius 3 is 2.85 bits per heavy atom. The highest BCUT2D eigenvalue weighted by molar-refractivity contribution is 6.32. The molecule has 0 saturated heterocycles. The maximum Gasteiger partial charge on any atom is 0.262 e. The molecule has 34 heavy (non-hydrogen) atoms. The Labute approximate surface area is 199 Å². The van der Waals surface area contributed by atoms with E-state index in [1.54, 1.807) is 35.3 Å². The highest BCUT2D eigenvalue weighted by atomic mass is 35.5. The molecule has 0 bridgehead atoms. The minimum Gasteiger partial charge on any atom is -0.487 e. The average Bonchev–Trinajstić information content (AvgIpc) is 3.34. The van der Waals surface area contributed by atoms with Gasteiger partial charge < -0.3 is 20.1 Å². The number of ether oxygens (including phenoxy) is 2. The van der Waals surface area contributed by atoms with Crippen LogP contribution in [0.25, 0.3) is 11.1 Å². The molecule has 3 heterocycles. The van der Waals surface area contributed by atoms with Gasteiger partial charge in [-0.3, -0.25) is 4.79 Å². The van der Waals surface area contributed by atoms with Crippen LogP contribution >= 0.6 is 11.6 Å². The predicted octanol–water partition coefficient (Wildman–Crippen LogP) is 3.33. The van der Waals surface area contributed by atoms with Crippen LogP contribution in [0.15, 0.2) is 55.1 Å². The van der Waals surface area contributed by atoms with Gasteiger partial charge in [-0.1, -0.05) is 17.7 Å². The number of rotatable bonds is 7. The second kappa shape index (κ2) is 9.32. The van der Waals surface area contributed by atoms with Crippen LogP contribution in [0.4, 0.5) is 17.3 Å². The van der Waals surface area contributed by atoms with E-state index in [4.69, 9.17) is 21.1 Å². The number of carbonyl (C=O) groups is 1. The normalized spacial score (nSPS) is 13.4. The van der Waals surface area contributed by atoms with Crippen molar-refractivity contribution in [2.75, 3.05) is 17.2 Å². The molecule has 11 nitrogen and oxygen atoms in total. The van der Waals surface area contributed by atoms with Crippen molar-refractivity contribution in [1.82, 2.24) is 30.2 Å². The largest absolute Gasteiger partial charge is 0.487 e. The lowest BCUT2D eigenvalue weighted by molar-refractivity contribution is -0.118. The highest BCUT2D eigenvalue weighted by Gasteiger charge is 2.16. The third kappa shape index (κ3) is 4.89. The summed E-state index contributed by atoms with van der Waals surface area (Å²) in [6, 6.07) is 10.9. The Hall–Kier alpha value is -4.25. The fourth-order valence-electron chi connectivity index (χ4n) is 3.39. The number of tetrazole rings is 1. The standard InChI is InChI=1S/C22H19ClN8O3/c1-13(10-31-12-26-29-30-31)34-20-6-14(2-4-17(20)23)15-8-24-22(25-9-15)27-16-3-5-19-18(7-16)28-21(32)11-33-19/h2-9,12-13H,10-11H2,1H3,(H,28,32)(H,24,25,27)/t13-/m0/s1. The molecular weight excluding hydrogens is 460 g/mol. The Bertz CT molecular complexity index is 1310. The molecular formula is C22H19ClN8O3. The molecule has 0 aliphatic carbocycles. The van der Waals surface area contributed by atoms with Crippen molar-refractivity contribution in [3.63, 3.8) is 0 Å². The highest BCUT2D eigenvalue weighted by Crippen LogP contribution is 2.33. The lowest BCUT2D eigenvalue weighted by Crippen LogP contribution is -2.25. The molecule has 0 spiro atoms. The average molecular weight is 479 g/mol. The fourth-order valence-corrected chi connectivity index (χ4v) is 3.55. The summed E-state index contributed by atoms with van der Waals surface area (Å²) in [6.07, 6.45) is 4.73. The maximum atomic E-state index is 11.5. The molecule has 5 rings (SSSR count). The minimum absolute atomic E-state index is 0.0139. The van der Waals surface area contributed by atoms with Crippen LogP contribution in [0, 0.1) is 0 Å². The van der Waals surface area contributed by atoms with Crippen molar-refractivity contribution in [3.8, 4) is 22.6 Å². The second-order valence-electron chi connectivity index (χ2n) is 7.57. The summed E-state index contributed by atoms with van der Waals surface area (Å²) < 4.78 is 13.0. The number of benzene rings is 2. The molecule has 0 fully saturated rings. The Balaban J connectivity index is 1.28. The van der Waals surface area contributed by atoms with Gasteiger partial charge in [-0.15, -0.1) is 5.10 Å². The summed E-state index contributed by atoms with van der Waals surface area (Å²) in [5.74, 6) is 1.38. The summed E-state index contributed by atoms with van der Waals surface area (Å²) in [7, 11) is 0. The number of nitrogens with one attached hydrogen (secondary N) is 2.